The molecule has 3 rings (SSSR count). The van der Waals surface area contributed by atoms with Gasteiger partial charge in [-0.25, -0.2) is 4.79 Å². The van der Waals surface area contributed by atoms with Gasteiger partial charge in [-0.15, -0.1) is 11.8 Å². The van der Waals surface area contributed by atoms with Crippen LogP contribution in [0.5, 0.6) is 0 Å². The number of rotatable bonds is 5. The Labute approximate surface area is 143 Å². The molecule has 1 aromatic carbocycles. The number of carboxylic acid groups (broad SMARTS) is 1. The Morgan fingerprint density at radius 2 is 1.92 bits per heavy atom. The van der Waals surface area contributed by atoms with Gasteiger partial charge in [-0.05, 0) is 26.0 Å². The first-order valence-corrected chi connectivity index (χ1v) is 9.56. The van der Waals surface area contributed by atoms with Crippen molar-refractivity contribution in [2.45, 2.75) is 36.1 Å². The van der Waals surface area contributed by atoms with Gasteiger partial charge in [0.05, 0.1) is 0 Å². The topological polar surface area (TPSA) is 116 Å². The minimum Gasteiger partial charge on any atom is -0.480 e. The Morgan fingerprint density at radius 3 is 2.50 bits per heavy atom. The maximum atomic E-state index is 12.3. The van der Waals surface area contributed by atoms with E-state index in [9.17, 15) is 23.1 Å². The zero-order valence-electron chi connectivity index (χ0n) is 13.0. The van der Waals surface area contributed by atoms with Gasteiger partial charge < -0.3 is 10.0 Å². The Kier molecular flexibility index (Phi) is 4.01. The van der Waals surface area contributed by atoms with E-state index in [1.807, 2.05) is 0 Å². The Bertz CT molecular complexity index is 781. The first kappa shape index (κ1) is 17.1. The molecule has 3 N–H and O–H groups in total. The lowest BCUT2D eigenvalue weighted by atomic mass is 9.96. The van der Waals surface area contributed by atoms with Crippen LogP contribution in [0.4, 0.5) is 5.69 Å². The lowest BCUT2D eigenvalue weighted by Crippen LogP contribution is -2.70. The molecule has 3 atom stereocenters. The predicted molar refractivity (Wildman–Crippen MR) is 89.6 cm³/mol. The number of nitrogens with zero attached hydrogens (tertiary/aromatic N) is 1. The molecule has 10 heteroatoms. The number of hydrogen-bond donors (Lipinski definition) is 3. The molecule has 0 saturated carbocycles. The van der Waals surface area contributed by atoms with Crippen LogP contribution in [0.2, 0.25) is 0 Å². The van der Waals surface area contributed by atoms with E-state index in [1.165, 1.54) is 16.7 Å². The van der Waals surface area contributed by atoms with Crippen molar-refractivity contribution in [1.29, 1.82) is 0 Å². The molecule has 0 spiro atoms. The van der Waals surface area contributed by atoms with E-state index in [2.05, 4.69) is 9.44 Å². The third-order valence-corrected chi connectivity index (χ3v) is 6.62. The highest BCUT2D eigenvalue weighted by atomic mass is 32.2. The summed E-state index contributed by atoms with van der Waals surface area (Å²) in [5, 5.41) is 8.82. The number of amides is 1. The summed E-state index contributed by atoms with van der Waals surface area (Å²) in [7, 11) is -3.95. The van der Waals surface area contributed by atoms with Crippen LogP contribution in [-0.2, 0) is 19.8 Å². The quantitative estimate of drug-likeness (QED) is 0.647. The van der Waals surface area contributed by atoms with Crippen LogP contribution < -0.4 is 9.44 Å². The van der Waals surface area contributed by atoms with Crippen molar-refractivity contribution in [3.8, 4) is 0 Å². The Morgan fingerprint density at radius 1 is 1.29 bits per heavy atom. The molecule has 0 bridgehead atoms. The van der Waals surface area contributed by atoms with E-state index in [-0.39, 0.29) is 0 Å². The lowest BCUT2D eigenvalue weighted by molar-refractivity contribution is -0.159. The van der Waals surface area contributed by atoms with Crippen LogP contribution in [0.25, 0.3) is 0 Å². The van der Waals surface area contributed by atoms with Crippen LogP contribution in [0.1, 0.15) is 13.8 Å². The summed E-state index contributed by atoms with van der Waals surface area (Å²) in [5.41, 5.74) is 0.372. The summed E-state index contributed by atoms with van der Waals surface area (Å²) >= 11 is 1.28. The van der Waals surface area contributed by atoms with Crippen molar-refractivity contribution >= 4 is 39.5 Å². The summed E-state index contributed by atoms with van der Waals surface area (Å²) in [6.07, 6.45) is 0. The van der Waals surface area contributed by atoms with E-state index < -0.39 is 44.3 Å². The average Bonchev–Trinajstić information content (AvgIpc) is 2.74. The van der Waals surface area contributed by atoms with Crippen molar-refractivity contribution in [2.24, 2.45) is 0 Å². The van der Waals surface area contributed by atoms with Crippen LogP contribution in [0.3, 0.4) is 0 Å². The van der Waals surface area contributed by atoms with E-state index in [0.29, 0.717) is 5.69 Å². The first-order chi connectivity index (χ1) is 11.1. The number of benzene rings is 1. The smallest absolute Gasteiger partial charge is 0.327 e. The van der Waals surface area contributed by atoms with Gasteiger partial charge >= 0.3 is 5.97 Å². The highest BCUT2D eigenvalue weighted by molar-refractivity contribution is 8.01. The van der Waals surface area contributed by atoms with Crippen LogP contribution in [0, 0.1) is 0 Å². The van der Waals surface area contributed by atoms with Crippen molar-refractivity contribution < 1.29 is 23.1 Å². The second-order valence-electron chi connectivity index (χ2n) is 6.17. The summed E-state index contributed by atoms with van der Waals surface area (Å²) in [5.74, 6) is -1.61. The van der Waals surface area contributed by atoms with Crippen molar-refractivity contribution in [3.63, 3.8) is 0 Å². The second kappa shape index (κ2) is 5.64. The van der Waals surface area contributed by atoms with Crippen molar-refractivity contribution in [1.82, 2.24) is 9.62 Å². The van der Waals surface area contributed by atoms with Gasteiger partial charge in [0, 0.05) is 10.4 Å². The average molecular weight is 371 g/mol. The molecule has 130 valence electrons. The van der Waals surface area contributed by atoms with E-state index in [0.717, 1.165) is 0 Å². The molecule has 0 aliphatic carbocycles. The number of nitrogens with one attached hydrogen (secondary N) is 2. The number of para-hydroxylation sites is 1. The maximum absolute atomic E-state index is 12.3. The Hall–Kier alpha value is -1.78. The fourth-order valence-electron chi connectivity index (χ4n) is 2.98. The zero-order valence-corrected chi connectivity index (χ0v) is 14.6. The predicted octanol–water partition coefficient (Wildman–Crippen LogP) is 0.448. The van der Waals surface area contributed by atoms with Gasteiger partial charge in [-0.3, -0.25) is 9.52 Å². The summed E-state index contributed by atoms with van der Waals surface area (Å²) in [4.78, 5) is 24.9. The molecular formula is C14H17N3O5S2. The molecule has 2 saturated heterocycles. The first-order valence-electron chi connectivity index (χ1n) is 7.20. The SMILES string of the molecule is CC1(C)S[C@@H]2[C@H](NS(=O)(=O)Nc3ccccc3)C(=O)N2[C@H]1C(=O)O. The number of anilines is 1. The van der Waals surface area contributed by atoms with E-state index in [4.69, 9.17) is 0 Å². The molecule has 0 unspecified atom stereocenters. The number of carboxylic acids is 1. The van der Waals surface area contributed by atoms with E-state index in [1.54, 1.807) is 44.2 Å². The number of carbonyl (C=O) groups excluding carboxylic acids is 1. The van der Waals surface area contributed by atoms with Crippen molar-refractivity contribution in [2.75, 3.05) is 4.72 Å². The minimum atomic E-state index is -3.95. The highest BCUT2D eigenvalue weighted by Gasteiger charge is 2.64. The molecule has 1 aromatic rings. The van der Waals surface area contributed by atoms with Gasteiger partial charge in [0.2, 0.25) is 5.91 Å². The normalized spacial score (nSPS) is 28.2. The fraction of sp³-hybridized carbons (Fsp3) is 0.429. The van der Waals surface area contributed by atoms with Gasteiger partial charge in [0.25, 0.3) is 10.2 Å². The molecule has 2 heterocycles. The number of hydrogen-bond acceptors (Lipinski definition) is 5. The second-order valence-corrected chi connectivity index (χ2v) is 9.38. The highest BCUT2D eigenvalue weighted by Crippen LogP contribution is 2.50. The lowest BCUT2D eigenvalue weighted by Gasteiger charge is -2.43. The summed E-state index contributed by atoms with van der Waals surface area (Å²) in [6.45, 7) is 3.46. The zero-order chi connectivity index (χ0) is 17.7. The van der Waals surface area contributed by atoms with Crippen LogP contribution in [0.15, 0.2) is 30.3 Å². The molecule has 1 amide bonds. The standard InChI is InChI=1S/C14H17N3O5S2/c1-14(2)10(13(19)20)17-11(18)9(12(17)23-14)16-24(21,22)15-8-6-4-3-5-7-8/h3-7,9-10,12,15-16H,1-2H3,(H,19,20)/t9-,10+,12-/m1/s1. The van der Waals surface area contributed by atoms with Crippen molar-refractivity contribution in [3.05, 3.63) is 30.3 Å². The van der Waals surface area contributed by atoms with Gasteiger partial charge in [0.1, 0.15) is 17.5 Å². The number of β-lactam (4-membered cyclic amide) rings is 1. The fourth-order valence-corrected chi connectivity index (χ4v) is 5.76. The molecule has 2 aliphatic heterocycles. The van der Waals surface area contributed by atoms with Gasteiger partial charge in [-0.1, -0.05) is 18.2 Å². The van der Waals surface area contributed by atoms with E-state index >= 15 is 0 Å². The summed E-state index contributed by atoms with van der Waals surface area (Å²) < 4.78 is 28.3. The Balaban J connectivity index is 1.74. The summed E-state index contributed by atoms with van der Waals surface area (Å²) in [6, 6.07) is 6.34. The van der Waals surface area contributed by atoms with Crippen LogP contribution >= 0.6 is 11.8 Å². The number of aliphatic carboxylic acids is 1. The minimum absolute atomic E-state index is 0.372. The molecule has 2 fully saturated rings. The molecule has 8 nitrogen and oxygen atoms in total. The molecule has 2 aliphatic rings. The number of thioether (sulfide) groups is 1. The largest absolute Gasteiger partial charge is 0.480 e. The molecule has 24 heavy (non-hydrogen) atoms. The third-order valence-electron chi connectivity index (χ3n) is 3.98. The maximum Gasteiger partial charge on any atom is 0.327 e. The molecular weight excluding hydrogens is 354 g/mol. The number of fused-ring (bicyclic) bond motifs is 1. The third kappa shape index (κ3) is 2.85. The molecule has 0 aromatic heterocycles. The van der Waals surface area contributed by atoms with Crippen LogP contribution in [-0.4, -0.2) is 52.5 Å². The monoisotopic (exact) mass is 371 g/mol. The number of carbonyl (C=O) groups is 2. The molecule has 0 radical (unpaired) electrons. The van der Waals surface area contributed by atoms with Gasteiger partial charge in [0.15, 0.2) is 0 Å². The van der Waals surface area contributed by atoms with Gasteiger partial charge in [-0.2, -0.15) is 13.1 Å².